The molecule has 3 amide bonds. The van der Waals surface area contributed by atoms with Gasteiger partial charge in [-0.15, -0.1) is 0 Å². The Morgan fingerprint density at radius 1 is 1.24 bits per heavy atom. The highest BCUT2D eigenvalue weighted by atomic mass is 79.9. The molecule has 112 valence electrons. The van der Waals surface area contributed by atoms with Gasteiger partial charge in [0.05, 0.1) is 0 Å². The molecule has 0 unspecified atom stereocenters. The van der Waals surface area contributed by atoms with Crippen molar-refractivity contribution >= 4 is 39.9 Å². The van der Waals surface area contributed by atoms with Gasteiger partial charge in [-0.2, -0.15) is 0 Å². The number of rotatable bonds is 4. The SMILES string of the molecule is CNC(=O)NC(=O)[C@@H](C)OC(=O)/C=C/c1ccc(Br)cc1. The number of benzene rings is 1. The molecule has 0 heterocycles. The van der Waals surface area contributed by atoms with Crippen molar-refractivity contribution in [2.24, 2.45) is 0 Å². The number of amides is 3. The predicted octanol–water partition coefficient (Wildman–Crippen LogP) is 1.85. The normalized spacial score (nSPS) is 11.8. The highest BCUT2D eigenvalue weighted by Crippen LogP contribution is 2.11. The Balaban J connectivity index is 2.51. The van der Waals surface area contributed by atoms with Crippen molar-refractivity contribution in [3.05, 3.63) is 40.4 Å². The first-order chi connectivity index (χ1) is 9.92. The molecule has 7 heteroatoms. The Labute approximate surface area is 130 Å². The van der Waals surface area contributed by atoms with Crippen LogP contribution in [0.3, 0.4) is 0 Å². The molecule has 0 saturated carbocycles. The number of ether oxygens (including phenoxy) is 1. The van der Waals surface area contributed by atoms with Gasteiger partial charge in [0, 0.05) is 17.6 Å². The van der Waals surface area contributed by atoms with Crippen LogP contribution in [0.2, 0.25) is 0 Å². The Bertz CT molecular complexity index is 555. The summed E-state index contributed by atoms with van der Waals surface area (Å²) in [6, 6.07) is 6.65. The van der Waals surface area contributed by atoms with E-state index in [0.717, 1.165) is 10.0 Å². The molecule has 0 spiro atoms. The van der Waals surface area contributed by atoms with Crippen molar-refractivity contribution in [2.45, 2.75) is 13.0 Å². The lowest BCUT2D eigenvalue weighted by Crippen LogP contribution is -2.43. The molecule has 1 aromatic carbocycles. The Morgan fingerprint density at radius 2 is 1.86 bits per heavy atom. The van der Waals surface area contributed by atoms with Crippen LogP contribution in [0.5, 0.6) is 0 Å². The van der Waals surface area contributed by atoms with Crippen molar-refractivity contribution in [3.8, 4) is 0 Å². The molecule has 6 nitrogen and oxygen atoms in total. The molecular weight excluding hydrogens is 340 g/mol. The van der Waals surface area contributed by atoms with Crippen molar-refractivity contribution < 1.29 is 19.1 Å². The lowest BCUT2D eigenvalue weighted by atomic mass is 10.2. The van der Waals surface area contributed by atoms with Crippen LogP contribution in [0.1, 0.15) is 12.5 Å². The molecule has 0 aliphatic rings. The summed E-state index contributed by atoms with van der Waals surface area (Å²) in [6.07, 6.45) is 1.72. The van der Waals surface area contributed by atoms with E-state index in [4.69, 9.17) is 4.74 Å². The van der Waals surface area contributed by atoms with Crippen LogP contribution in [0.15, 0.2) is 34.8 Å². The lowest BCUT2D eigenvalue weighted by molar-refractivity contribution is -0.149. The van der Waals surface area contributed by atoms with E-state index in [1.165, 1.54) is 20.0 Å². The van der Waals surface area contributed by atoms with Crippen molar-refractivity contribution in [1.82, 2.24) is 10.6 Å². The second-order valence-corrected chi connectivity index (χ2v) is 4.95. The van der Waals surface area contributed by atoms with Gasteiger partial charge in [0.25, 0.3) is 5.91 Å². The molecule has 0 aliphatic heterocycles. The summed E-state index contributed by atoms with van der Waals surface area (Å²) in [5.41, 5.74) is 0.817. The number of hydrogen-bond acceptors (Lipinski definition) is 4. The van der Waals surface area contributed by atoms with Gasteiger partial charge in [-0.3, -0.25) is 10.1 Å². The van der Waals surface area contributed by atoms with Gasteiger partial charge in [0.2, 0.25) is 0 Å². The molecular formula is C14H15BrN2O4. The van der Waals surface area contributed by atoms with Gasteiger partial charge in [0.1, 0.15) is 0 Å². The van der Waals surface area contributed by atoms with Gasteiger partial charge in [-0.05, 0) is 30.7 Å². The zero-order valence-electron chi connectivity index (χ0n) is 11.6. The van der Waals surface area contributed by atoms with E-state index >= 15 is 0 Å². The van der Waals surface area contributed by atoms with Crippen LogP contribution in [-0.4, -0.2) is 31.1 Å². The molecule has 0 fully saturated rings. The minimum atomic E-state index is -1.07. The third-order valence-electron chi connectivity index (χ3n) is 2.41. The summed E-state index contributed by atoms with van der Waals surface area (Å²) in [4.78, 5) is 34.0. The van der Waals surface area contributed by atoms with Crippen molar-refractivity contribution in [3.63, 3.8) is 0 Å². The molecule has 0 saturated heterocycles. The fraction of sp³-hybridized carbons (Fsp3) is 0.214. The second kappa shape index (κ2) is 8.21. The molecule has 1 atom stereocenters. The number of carbonyl (C=O) groups is 3. The molecule has 21 heavy (non-hydrogen) atoms. The maximum absolute atomic E-state index is 11.6. The largest absolute Gasteiger partial charge is 0.449 e. The number of hydrogen-bond donors (Lipinski definition) is 2. The monoisotopic (exact) mass is 354 g/mol. The lowest BCUT2D eigenvalue weighted by Gasteiger charge is -2.11. The molecule has 1 rings (SSSR count). The predicted molar refractivity (Wildman–Crippen MR) is 81.3 cm³/mol. The second-order valence-electron chi connectivity index (χ2n) is 4.03. The molecule has 2 N–H and O–H groups in total. The maximum Gasteiger partial charge on any atom is 0.331 e. The first-order valence-corrected chi connectivity index (χ1v) is 6.88. The van der Waals surface area contributed by atoms with E-state index in [-0.39, 0.29) is 0 Å². The van der Waals surface area contributed by atoms with Gasteiger partial charge < -0.3 is 10.1 Å². The summed E-state index contributed by atoms with van der Waals surface area (Å²) >= 11 is 3.31. The van der Waals surface area contributed by atoms with Gasteiger partial charge in [0.15, 0.2) is 6.10 Å². The minimum Gasteiger partial charge on any atom is -0.449 e. The Hall–Kier alpha value is -2.15. The van der Waals surface area contributed by atoms with Crippen LogP contribution in [-0.2, 0) is 14.3 Å². The number of halogens is 1. The highest BCUT2D eigenvalue weighted by molar-refractivity contribution is 9.10. The topological polar surface area (TPSA) is 84.5 Å². The van der Waals surface area contributed by atoms with Crippen LogP contribution in [0.4, 0.5) is 4.79 Å². The maximum atomic E-state index is 11.6. The smallest absolute Gasteiger partial charge is 0.331 e. The van der Waals surface area contributed by atoms with E-state index in [9.17, 15) is 14.4 Å². The third-order valence-corrected chi connectivity index (χ3v) is 2.94. The molecule has 0 radical (unpaired) electrons. The zero-order valence-corrected chi connectivity index (χ0v) is 13.1. The number of urea groups is 1. The fourth-order valence-electron chi connectivity index (χ4n) is 1.28. The van der Waals surface area contributed by atoms with E-state index in [1.807, 2.05) is 29.6 Å². The Morgan fingerprint density at radius 3 is 2.43 bits per heavy atom. The molecule has 0 aromatic heterocycles. The van der Waals surface area contributed by atoms with Crippen molar-refractivity contribution in [2.75, 3.05) is 7.05 Å². The first-order valence-electron chi connectivity index (χ1n) is 6.09. The minimum absolute atomic E-state index is 0.659. The summed E-state index contributed by atoms with van der Waals surface area (Å²) in [5.74, 6) is -1.36. The number of carbonyl (C=O) groups excluding carboxylic acids is 3. The summed E-state index contributed by atoms with van der Waals surface area (Å²) in [7, 11) is 1.38. The fourth-order valence-corrected chi connectivity index (χ4v) is 1.55. The molecule has 0 aliphatic carbocycles. The average molecular weight is 355 g/mol. The Kier molecular flexibility index (Phi) is 6.61. The van der Waals surface area contributed by atoms with Crippen LogP contribution in [0, 0.1) is 0 Å². The van der Waals surface area contributed by atoms with E-state index in [1.54, 1.807) is 6.08 Å². The quantitative estimate of drug-likeness (QED) is 0.638. The number of esters is 1. The van der Waals surface area contributed by atoms with Gasteiger partial charge in [-0.1, -0.05) is 28.1 Å². The summed E-state index contributed by atoms with van der Waals surface area (Å²) < 4.78 is 5.81. The summed E-state index contributed by atoms with van der Waals surface area (Å²) in [5, 5.41) is 4.25. The first kappa shape index (κ1) is 16.9. The van der Waals surface area contributed by atoms with E-state index in [0.29, 0.717) is 0 Å². The standard InChI is InChI=1S/C14H15BrN2O4/c1-9(13(19)17-14(20)16-2)21-12(18)8-5-10-3-6-11(15)7-4-10/h3-9H,1-2H3,(H2,16,17,19,20)/b8-5+/t9-/m1/s1. The molecule has 0 bridgehead atoms. The number of nitrogens with one attached hydrogen (secondary N) is 2. The van der Waals surface area contributed by atoms with Crippen LogP contribution >= 0.6 is 15.9 Å². The van der Waals surface area contributed by atoms with Crippen LogP contribution in [0.25, 0.3) is 6.08 Å². The van der Waals surface area contributed by atoms with E-state index < -0.39 is 24.0 Å². The van der Waals surface area contributed by atoms with Gasteiger partial charge >= 0.3 is 12.0 Å². The highest BCUT2D eigenvalue weighted by Gasteiger charge is 2.18. The number of imide groups is 1. The average Bonchev–Trinajstić information content (AvgIpc) is 2.46. The van der Waals surface area contributed by atoms with Crippen LogP contribution < -0.4 is 10.6 Å². The summed E-state index contributed by atoms with van der Waals surface area (Å²) in [6.45, 7) is 1.38. The van der Waals surface area contributed by atoms with Crippen molar-refractivity contribution in [1.29, 1.82) is 0 Å². The third kappa shape index (κ3) is 6.22. The zero-order chi connectivity index (χ0) is 15.8. The molecule has 1 aromatic rings. The van der Waals surface area contributed by atoms with Gasteiger partial charge in [-0.25, -0.2) is 9.59 Å². The van der Waals surface area contributed by atoms with E-state index in [2.05, 4.69) is 21.2 Å².